The molecule has 0 saturated carbocycles. The van der Waals surface area contributed by atoms with Crippen LogP contribution in [0.1, 0.15) is 37.3 Å². The van der Waals surface area contributed by atoms with Crippen LogP contribution in [-0.4, -0.2) is 65.9 Å². The highest BCUT2D eigenvalue weighted by Gasteiger charge is 2.58. The molecule has 2 heterocycles. The molecule has 5 rings (SSSR count). The summed E-state index contributed by atoms with van der Waals surface area (Å²) < 4.78 is 11.2. The zero-order chi connectivity index (χ0) is 24.7. The molecule has 0 aromatic heterocycles. The van der Waals surface area contributed by atoms with Gasteiger partial charge in [-0.05, 0) is 34.6 Å². The Morgan fingerprint density at radius 3 is 2.31 bits per heavy atom. The van der Waals surface area contributed by atoms with Gasteiger partial charge in [0.25, 0.3) is 0 Å². The van der Waals surface area contributed by atoms with Crippen molar-refractivity contribution in [3.8, 4) is 11.1 Å². The van der Waals surface area contributed by atoms with Crippen LogP contribution in [0.5, 0.6) is 0 Å². The zero-order valence-electron chi connectivity index (χ0n) is 19.9. The first-order valence-corrected chi connectivity index (χ1v) is 12.1. The van der Waals surface area contributed by atoms with Crippen molar-refractivity contribution in [2.45, 2.75) is 37.8 Å². The fraction of sp³-hybridized carbons (Fsp3) is 0.444. The monoisotopic (exact) mass is 478 g/mol. The van der Waals surface area contributed by atoms with Crippen LogP contribution in [0.25, 0.3) is 11.1 Å². The zero-order valence-corrected chi connectivity index (χ0v) is 19.9. The van der Waals surface area contributed by atoms with Crippen molar-refractivity contribution in [1.82, 2.24) is 10.2 Å². The van der Waals surface area contributed by atoms with E-state index >= 15 is 0 Å². The summed E-state index contributed by atoms with van der Waals surface area (Å²) >= 11 is 0. The van der Waals surface area contributed by atoms with Gasteiger partial charge in [0.1, 0.15) is 12.6 Å². The number of alkyl carbamates (subject to hydrolysis) is 1. The second-order valence-electron chi connectivity index (χ2n) is 9.94. The van der Waals surface area contributed by atoms with E-state index in [4.69, 9.17) is 9.47 Å². The number of rotatable bonds is 6. The summed E-state index contributed by atoms with van der Waals surface area (Å²) in [4.78, 5) is 39.5. The highest BCUT2D eigenvalue weighted by atomic mass is 16.5. The Balaban J connectivity index is 1.25. The maximum Gasteiger partial charge on any atom is 0.407 e. The standard InChI is InChI=1S/C27H30N2O6/c1-16(2)23(24(30)29-13-17-11-12-35-27(17,15-29)25(31)32)28-26(33)34-14-22-20-9-5-3-7-18(20)19-8-4-6-10-21(19)22/h3-10,16-17,22-23H,11-15H2,1-2H3,(H,28,33)(H,31,32)/t17?,23-,27?/m1/s1. The molecule has 2 unspecified atom stereocenters. The molecule has 2 aliphatic heterocycles. The number of hydrogen-bond donors (Lipinski definition) is 2. The molecule has 1 aliphatic carbocycles. The van der Waals surface area contributed by atoms with Gasteiger partial charge in [-0.1, -0.05) is 62.4 Å². The lowest BCUT2D eigenvalue weighted by Gasteiger charge is -2.28. The van der Waals surface area contributed by atoms with E-state index in [1.54, 1.807) is 0 Å². The van der Waals surface area contributed by atoms with E-state index in [2.05, 4.69) is 17.4 Å². The average Bonchev–Trinajstić information content (AvgIpc) is 3.50. The van der Waals surface area contributed by atoms with E-state index in [0.717, 1.165) is 22.3 Å². The van der Waals surface area contributed by atoms with Crippen molar-refractivity contribution in [2.75, 3.05) is 26.3 Å². The van der Waals surface area contributed by atoms with Crippen LogP contribution in [0.2, 0.25) is 0 Å². The Labute approximate surface area is 204 Å². The number of carbonyl (C=O) groups is 3. The minimum atomic E-state index is -1.35. The summed E-state index contributed by atoms with van der Waals surface area (Å²) in [6, 6.07) is 15.4. The normalized spacial score (nSPS) is 23.5. The molecule has 2 aromatic carbocycles. The molecule has 0 spiro atoms. The fourth-order valence-electron chi connectivity index (χ4n) is 5.71. The number of carbonyl (C=O) groups excluding carboxylic acids is 2. The molecule has 35 heavy (non-hydrogen) atoms. The van der Waals surface area contributed by atoms with Crippen molar-refractivity contribution in [3.63, 3.8) is 0 Å². The lowest BCUT2D eigenvalue weighted by molar-refractivity contribution is -0.161. The van der Waals surface area contributed by atoms with Gasteiger partial charge in [0.15, 0.2) is 5.60 Å². The van der Waals surface area contributed by atoms with Crippen molar-refractivity contribution >= 4 is 18.0 Å². The molecule has 8 heteroatoms. The quantitative estimate of drug-likeness (QED) is 0.660. The minimum Gasteiger partial charge on any atom is -0.479 e. The lowest BCUT2D eigenvalue weighted by Crippen LogP contribution is -2.52. The van der Waals surface area contributed by atoms with Gasteiger partial charge in [-0.2, -0.15) is 0 Å². The smallest absolute Gasteiger partial charge is 0.407 e. The van der Waals surface area contributed by atoms with Crippen LogP contribution in [0.4, 0.5) is 4.79 Å². The SMILES string of the molecule is CC(C)[C@@H](NC(=O)OCC1c2ccccc2-c2ccccc21)C(=O)N1CC2CCOC2(C(=O)O)C1. The van der Waals surface area contributed by atoms with Crippen molar-refractivity contribution in [1.29, 1.82) is 0 Å². The molecule has 184 valence electrons. The number of benzene rings is 2. The maximum atomic E-state index is 13.3. The highest BCUT2D eigenvalue weighted by molar-refractivity contribution is 5.88. The number of nitrogens with one attached hydrogen (secondary N) is 1. The number of carboxylic acids is 1. The van der Waals surface area contributed by atoms with Gasteiger partial charge in [0, 0.05) is 25.0 Å². The molecule has 2 amide bonds. The first-order chi connectivity index (χ1) is 16.8. The number of nitrogens with zero attached hydrogens (tertiary/aromatic N) is 1. The van der Waals surface area contributed by atoms with Crippen LogP contribution in [0.3, 0.4) is 0 Å². The van der Waals surface area contributed by atoms with E-state index in [1.165, 1.54) is 4.90 Å². The highest BCUT2D eigenvalue weighted by Crippen LogP contribution is 2.44. The Hall–Kier alpha value is -3.39. The van der Waals surface area contributed by atoms with Gasteiger partial charge in [0.2, 0.25) is 5.91 Å². The number of hydrogen-bond acceptors (Lipinski definition) is 5. The summed E-state index contributed by atoms with van der Waals surface area (Å²) in [6.45, 7) is 4.51. The largest absolute Gasteiger partial charge is 0.479 e. The summed E-state index contributed by atoms with van der Waals surface area (Å²) in [5.41, 5.74) is 3.16. The third-order valence-electron chi connectivity index (χ3n) is 7.58. The molecule has 2 N–H and O–H groups in total. The van der Waals surface area contributed by atoms with E-state index in [-0.39, 0.29) is 36.8 Å². The number of ether oxygens (including phenoxy) is 2. The van der Waals surface area contributed by atoms with Gasteiger partial charge in [0.05, 0.1) is 6.54 Å². The Bertz CT molecular complexity index is 1120. The molecule has 2 aromatic rings. The fourth-order valence-corrected chi connectivity index (χ4v) is 5.71. The third-order valence-corrected chi connectivity index (χ3v) is 7.58. The Kier molecular flexibility index (Phi) is 6.01. The molecule has 0 radical (unpaired) electrons. The molecular formula is C27H30N2O6. The summed E-state index contributed by atoms with van der Waals surface area (Å²) in [7, 11) is 0. The van der Waals surface area contributed by atoms with E-state index in [0.29, 0.717) is 19.6 Å². The Morgan fingerprint density at radius 1 is 1.11 bits per heavy atom. The third kappa shape index (κ3) is 3.95. The number of likely N-dealkylation sites (tertiary alicyclic amines) is 1. The Morgan fingerprint density at radius 2 is 1.74 bits per heavy atom. The molecule has 3 aliphatic rings. The number of aliphatic carboxylic acids is 1. The van der Waals surface area contributed by atoms with Crippen LogP contribution >= 0.6 is 0 Å². The van der Waals surface area contributed by atoms with Crippen molar-refractivity contribution in [2.24, 2.45) is 11.8 Å². The number of fused-ring (bicyclic) bond motifs is 4. The lowest BCUT2D eigenvalue weighted by atomic mass is 9.91. The second kappa shape index (κ2) is 9.00. The van der Waals surface area contributed by atoms with Crippen molar-refractivity contribution < 1.29 is 29.0 Å². The van der Waals surface area contributed by atoms with Crippen LogP contribution in [-0.2, 0) is 19.1 Å². The van der Waals surface area contributed by atoms with Crippen LogP contribution < -0.4 is 5.32 Å². The van der Waals surface area contributed by atoms with Gasteiger partial charge in [-0.3, -0.25) is 4.79 Å². The van der Waals surface area contributed by atoms with Crippen LogP contribution in [0.15, 0.2) is 48.5 Å². The summed E-state index contributed by atoms with van der Waals surface area (Å²) in [6.07, 6.45) is -0.0649. The average molecular weight is 479 g/mol. The number of amides is 2. The van der Waals surface area contributed by atoms with E-state index in [9.17, 15) is 19.5 Å². The molecule has 3 atom stereocenters. The van der Waals surface area contributed by atoms with Crippen molar-refractivity contribution in [3.05, 3.63) is 59.7 Å². The molecule has 2 fully saturated rings. The summed E-state index contributed by atoms with van der Waals surface area (Å²) in [5.74, 6) is -1.88. The number of carboxylic acid groups (broad SMARTS) is 1. The molecule has 8 nitrogen and oxygen atoms in total. The molecule has 2 saturated heterocycles. The van der Waals surface area contributed by atoms with Gasteiger partial charge >= 0.3 is 12.1 Å². The van der Waals surface area contributed by atoms with Gasteiger partial charge in [-0.25, -0.2) is 9.59 Å². The first-order valence-electron chi connectivity index (χ1n) is 12.1. The predicted molar refractivity (Wildman–Crippen MR) is 128 cm³/mol. The second-order valence-corrected chi connectivity index (χ2v) is 9.94. The van der Waals surface area contributed by atoms with E-state index in [1.807, 2.05) is 50.2 Å². The summed E-state index contributed by atoms with van der Waals surface area (Å²) in [5, 5.41) is 12.5. The maximum absolute atomic E-state index is 13.3. The first kappa shape index (κ1) is 23.4. The van der Waals surface area contributed by atoms with E-state index < -0.39 is 23.7 Å². The van der Waals surface area contributed by atoms with Crippen LogP contribution in [0, 0.1) is 11.8 Å². The molecule has 0 bridgehead atoms. The van der Waals surface area contributed by atoms with Gasteiger partial charge < -0.3 is 24.8 Å². The molecular weight excluding hydrogens is 448 g/mol. The minimum absolute atomic E-state index is 0.0125. The van der Waals surface area contributed by atoms with Gasteiger partial charge in [-0.15, -0.1) is 0 Å². The predicted octanol–water partition coefficient (Wildman–Crippen LogP) is 3.25. The topological polar surface area (TPSA) is 105 Å².